The van der Waals surface area contributed by atoms with E-state index in [4.69, 9.17) is 0 Å². The van der Waals surface area contributed by atoms with Gasteiger partial charge in [-0.05, 0) is 36.7 Å². The maximum absolute atomic E-state index is 2.77. The summed E-state index contributed by atoms with van der Waals surface area (Å²) in [6, 6.07) is 11.8. The summed E-state index contributed by atoms with van der Waals surface area (Å²) in [5.74, 6) is 0. The molecule has 2 aliphatic rings. The van der Waals surface area contributed by atoms with E-state index >= 15 is 0 Å². The maximum atomic E-state index is 2.77. The topological polar surface area (TPSA) is 6.48 Å². The number of hydrogen-bond donors (Lipinski definition) is 0. The Morgan fingerprint density at radius 2 is 1.64 bits per heavy atom. The third kappa shape index (κ3) is 3.91. The molecule has 1 saturated carbocycles. The van der Waals surface area contributed by atoms with Crippen molar-refractivity contribution in [3.8, 4) is 0 Å². The number of hydrogen-bond acceptors (Lipinski definition) is 2. The molecule has 3 rings (SSSR count). The van der Waals surface area contributed by atoms with Crippen molar-refractivity contribution in [3.63, 3.8) is 0 Å². The van der Waals surface area contributed by atoms with E-state index in [1.54, 1.807) is 0 Å². The van der Waals surface area contributed by atoms with Gasteiger partial charge in [0.1, 0.15) is 0 Å². The summed E-state index contributed by atoms with van der Waals surface area (Å²) in [6.07, 6.45) is 7.05. The first-order valence-corrected chi connectivity index (χ1v) is 9.19. The zero-order chi connectivity index (χ0) is 15.4. The number of rotatable bonds is 4. The van der Waals surface area contributed by atoms with Gasteiger partial charge in [-0.15, -0.1) is 0 Å². The van der Waals surface area contributed by atoms with Crippen molar-refractivity contribution in [2.24, 2.45) is 5.41 Å². The van der Waals surface area contributed by atoms with E-state index in [-0.39, 0.29) is 0 Å². The van der Waals surface area contributed by atoms with Crippen molar-refractivity contribution in [2.45, 2.75) is 58.5 Å². The Morgan fingerprint density at radius 3 is 2.23 bits per heavy atom. The smallest absolute Gasteiger partial charge is 0.0234 e. The molecule has 2 fully saturated rings. The van der Waals surface area contributed by atoms with Crippen molar-refractivity contribution < 1.29 is 0 Å². The molecule has 122 valence electrons. The summed E-state index contributed by atoms with van der Waals surface area (Å²) in [5.41, 5.74) is 2.08. The van der Waals surface area contributed by atoms with Crippen LogP contribution in [0.1, 0.15) is 51.5 Å². The van der Waals surface area contributed by atoms with E-state index < -0.39 is 0 Å². The van der Waals surface area contributed by atoms with Gasteiger partial charge in [0.2, 0.25) is 0 Å². The van der Waals surface area contributed by atoms with Crippen LogP contribution in [-0.2, 0) is 6.54 Å². The first-order chi connectivity index (χ1) is 10.7. The van der Waals surface area contributed by atoms with Gasteiger partial charge in [-0.3, -0.25) is 9.80 Å². The van der Waals surface area contributed by atoms with Crippen LogP contribution in [0, 0.1) is 5.41 Å². The van der Waals surface area contributed by atoms with Crippen molar-refractivity contribution in [3.05, 3.63) is 35.9 Å². The van der Waals surface area contributed by atoms with Gasteiger partial charge in [0, 0.05) is 38.8 Å². The highest BCUT2D eigenvalue weighted by molar-refractivity contribution is 5.14. The zero-order valence-electron chi connectivity index (χ0n) is 14.4. The molecule has 2 nitrogen and oxygen atoms in total. The largest absolute Gasteiger partial charge is 0.298 e. The van der Waals surface area contributed by atoms with Crippen LogP contribution in [0.15, 0.2) is 30.3 Å². The minimum Gasteiger partial charge on any atom is -0.298 e. The predicted molar refractivity (Wildman–Crippen MR) is 93.9 cm³/mol. The van der Waals surface area contributed by atoms with E-state index in [0.29, 0.717) is 5.41 Å². The van der Waals surface area contributed by atoms with Crippen LogP contribution in [0.4, 0.5) is 0 Å². The van der Waals surface area contributed by atoms with Gasteiger partial charge in [-0.1, -0.05) is 50.6 Å². The summed E-state index contributed by atoms with van der Waals surface area (Å²) < 4.78 is 0. The first-order valence-electron chi connectivity index (χ1n) is 9.19. The average Bonchev–Trinajstić information content (AvgIpc) is 2.57. The van der Waals surface area contributed by atoms with Crippen LogP contribution in [0.25, 0.3) is 0 Å². The number of nitrogens with zero attached hydrogens (tertiary/aromatic N) is 2. The highest BCUT2D eigenvalue weighted by atomic mass is 15.3. The molecule has 1 aliphatic carbocycles. The van der Waals surface area contributed by atoms with Gasteiger partial charge in [0.25, 0.3) is 0 Å². The molecule has 2 heteroatoms. The molecule has 0 bridgehead atoms. The molecule has 0 atom stereocenters. The monoisotopic (exact) mass is 300 g/mol. The Balaban J connectivity index is 1.44. The second-order valence-corrected chi connectivity index (χ2v) is 7.69. The summed E-state index contributed by atoms with van der Waals surface area (Å²) in [4.78, 5) is 5.39. The minimum atomic E-state index is 0.631. The van der Waals surface area contributed by atoms with Crippen LogP contribution in [0.2, 0.25) is 0 Å². The lowest BCUT2D eigenvalue weighted by Gasteiger charge is -2.44. The van der Waals surface area contributed by atoms with E-state index in [2.05, 4.69) is 54.0 Å². The molecule has 0 amide bonds. The molecule has 0 unspecified atom stereocenters. The molecule has 0 spiro atoms. The number of benzene rings is 1. The molecule has 22 heavy (non-hydrogen) atoms. The quantitative estimate of drug-likeness (QED) is 0.823. The second-order valence-electron chi connectivity index (χ2n) is 7.69. The fraction of sp³-hybridized carbons (Fsp3) is 0.700. The van der Waals surface area contributed by atoms with Crippen LogP contribution in [0.3, 0.4) is 0 Å². The molecule has 0 radical (unpaired) electrons. The van der Waals surface area contributed by atoms with Crippen molar-refractivity contribution in [2.75, 3.05) is 26.2 Å². The molecule has 0 aromatic heterocycles. The summed E-state index contributed by atoms with van der Waals surface area (Å²) in [7, 11) is 0. The molecule has 1 saturated heterocycles. The predicted octanol–water partition coefficient (Wildman–Crippen LogP) is 4.16. The van der Waals surface area contributed by atoms with Gasteiger partial charge >= 0.3 is 0 Å². The second kappa shape index (κ2) is 7.14. The maximum Gasteiger partial charge on any atom is 0.0234 e. The Labute approximate surface area is 136 Å². The summed E-state index contributed by atoms with van der Waals surface area (Å²) in [5, 5.41) is 0. The van der Waals surface area contributed by atoms with E-state index in [9.17, 15) is 0 Å². The Hall–Kier alpha value is -0.860. The van der Waals surface area contributed by atoms with Crippen LogP contribution in [-0.4, -0.2) is 42.0 Å². The van der Waals surface area contributed by atoms with Gasteiger partial charge < -0.3 is 0 Å². The molecule has 1 heterocycles. The van der Waals surface area contributed by atoms with Crippen LogP contribution in [0.5, 0.6) is 0 Å². The molecule has 1 aromatic rings. The van der Waals surface area contributed by atoms with Gasteiger partial charge in [-0.2, -0.15) is 0 Å². The van der Waals surface area contributed by atoms with E-state index in [1.807, 2.05) is 0 Å². The molecular formula is C20H32N2. The molecule has 1 aromatic carbocycles. The lowest BCUT2D eigenvalue weighted by Crippen LogP contribution is -2.51. The summed E-state index contributed by atoms with van der Waals surface area (Å²) in [6.45, 7) is 11.0. The molecule has 0 N–H and O–H groups in total. The van der Waals surface area contributed by atoms with Crippen molar-refractivity contribution >= 4 is 0 Å². The number of piperazine rings is 1. The fourth-order valence-corrected chi connectivity index (χ4v) is 4.15. The fourth-order valence-electron chi connectivity index (χ4n) is 4.15. The Morgan fingerprint density at radius 1 is 1.00 bits per heavy atom. The van der Waals surface area contributed by atoms with Crippen LogP contribution >= 0.6 is 0 Å². The molecular weight excluding hydrogens is 268 g/mol. The zero-order valence-corrected chi connectivity index (χ0v) is 14.4. The third-order valence-corrected chi connectivity index (χ3v) is 6.19. The first kappa shape index (κ1) is 16.0. The average molecular weight is 300 g/mol. The highest BCUT2D eigenvalue weighted by Crippen LogP contribution is 2.40. The highest BCUT2D eigenvalue weighted by Gasteiger charge is 2.33. The van der Waals surface area contributed by atoms with Crippen molar-refractivity contribution in [1.29, 1.82) is 0 Å². The third-order valence-electron chi connectivity index (χ3n) is 6.19. The SMILES string of the molecule is CCC1(C)CCC(N2CCN(Cc3ccccc3)CC2)CC1. The van der Waals surface area contributed by atoms with Gasteiger partial charge in [-0.25, -0.2) is 0 Å². The minimum absolute atomic E-state index is 0.631. The molecule has 1 aliphatic heterocycles. The van der Waals surface area contributed by atoms with E-state index in [1.165, 1.54) is 63.8 Å². The van der Waals surface area contributed by atoms with E-state index in [0.717, 1.165) is 12.6 Å². The van der Waals surface area contributed by atoms with Gasteiger partial charge in [0.15, 0.2) is 0 Å². The Bertz CT molecular complexity index is 440. The van der Waals surface area contributed by atoms with Crippen molar-refractivity contribution in [1.82, 2.24) is 9.80 Å². The Kier molecular flexibility index (Phi) is 5.20. The van der Waals surface area contributed by atoms with Crippen LogP contribution < -0.4 is 0 Å². The lowest BCUT2D eigenvalue weighted by atomic mass is 9.72. The standard InChI is InChI=1S/C20H32N2/c1-3-20(2)11-9-19(10-12-20)22-15-13-21(14-16-22)17-18-7-5-4-6-8-18/h4-8,19H,3,9-17H2,1-2H3. The lowest BCUT2D eigenvalue weighted by molar-refractivity contribution is 0.0496. The van der Waals surface area contributed by atoms with Gasteiger partial charge in [0.05, 0.1) is 0 Å². The normalized spacial score (nSPS) is 31.3. The summed E-state index contributed by atoms with van der Waals surface area (Å²) >= 11 is 0.